The molecule has 0 aliphatic carbocycles. The number of rotatable bonds is 10. The Kier molecular flexibility index (Phi) is 8.06. The van der Waals surface area contributed by atoms with E-state index in [4.69, 9.17) is 14.0 Å². The highest BCUT2D eigenvalue weighted by molar-refractivity contribution is 5.95. The maximum absolute atomic E-state index is 13.4. The van der Waals surface area contributed by atoms with Crippen LogP contribution in [0.2, 0.25) is 0 Å². The van der Waals surface area contributed by atoms with Crippen molar-refractivity contribution >= 4 is 5.91 Å². The van der Waals surface area contributed by atoms with Gasteiger partial charge in [-0.15, -0.1) is 0 Å². The molecular formula is C25H30FN3O4. The van der Waals surface area contributed by atoms with Gasteiger partial charge in [0.25, 0.3) is 5.91 Å². The molecule has 0 saturated carbocycles. The molecule has 3 aromatic rings. The van der Waals surface area contributed by atoms with E-state index in [1.807, 2.05) is 32.8 Å². The van der Waals surface area contributed by atoms with Gasteiger partial charge in [-0.3, -0.25) is 4.79 Å². The molecule has 0 bridgehead atoms. The molecule has 0 fully saturated rings. The molecule has 0 unspecified atom stereocenters. The third kappa shape index (κ3) is 6.32. The van der Waals surface area contributed by atoms with Crippen LogP contribution in [0.1, 0.15) is 32.9 Å². The number of ether oxygens (including phenoxy) is 2. The van der Waals surface area contributed by atoms with E-state index in [2.05, 4.69) is 5.16 Å². The summed E-state index contributed by atoms with van der Waals surface area (Å²) in [4.78, 5) is 17.1. The van der Waals surface area contributed by atoms with Crippen molar-refractivity contribution in [1.82, 2.24) is 15.0 Å². The van der Waals surface area contributed by atoms with Crippen molar-refractivity contribution in [2.45, 2.75) is 27.0 Å². The molecule has 1 heterocycles. The minimum atomic E-state index is -0.304. The molecular weight excluding hydrogens is 425 g/mol. The SMILES string of the molecule is COc1cc(C(=O)N(CCN(C)C)Cc2ccc(F)cc2)ccc1OCc1c(C)noc1C. The number of nitrogens with zero attached hydrogens (tertiary/aromatic N) is 3. The van der Waals surface area contributed by atoms with E-state index >= 15 is 0 Å². The van der Waals surface area contributed by atoms with Gasteiger partial charge in [-0.05, 0) is 63.8 Å². The third-order valence-corrected chi connectivity index (χ3v) is 5.35. The highest BCUT2D eigenvalue weighted by Crippen LogP contribution is 2.30. The molecule has 2 aromatic carbocycles. The molecule has 8 heteroatoms. The Morgan fingerprint density at radius 2 is 1.79 bits per heavy atom. The fraction of sp³-hybridized carbons (Fsp3) is 0.360. The predicted octanol–water partition coefficient (Wildman–Crippen LogP) is 4.22. The first kappa shape index (κ1) is 24.3. The quantitative estimate of drug-likeness (QED) is 0.456. The Hall–Kier alpha value is -3.39. The fourth-order valence-corrected chi connectivity index (χ4v) is 3.34. The Morgan fingerprint density at radius 3 is 2.39 bits per heavy atom. The van der Waals surface area contributed by atoms with Crippen LogP contribution < -0.4 is 9.47 Å². The third-order valence-electron chi connectivity index (χ3n) is 5.35. The number of likely N-dealkylation sites (N-methyl/N-ethyl adjacent to an activating group) is 1. The topological polar surface area (TPSA) is 68.0 Å². The zero-order valence-electron chi connectivity index (χ0n) is 19.7. The van der Waals surface area contributed by atoms with Crippen LogP contribution in [0.5, 0.6) is 11.5 Å². The molecule has 1 amide bonds. The average molecular weight is 456 g/mol. The first-order valence-electron chi connectivity index (χ1n) is 10.7. The molecule has 176 valence electrons. The van der Waals surface area contributed by atoms with Crippen LogP contribution in [0.3, 0.4) is 0 Å². The number of carbonyl (C=O) groups is 1. The standard InChI is InChI=1S/C25H30FN3O4/c1-17-22(18(2)33-27-17)16-32-23-11-8-20(14-24(23)31-5)25(30)29(13-12-28(3)4)15-19-6-9-21(26)10-7-19/h6-11,14H,12-13,15-16H2,1-5H3. The number of carbonyl (C=O) groups excluding carboxylic acids is 1. The van der Waals surface area contributed by atoms with Gasteiger partial charge in [0, 0.05) is 25.2 Å². The van der Waals surface area contributed by atoms with Crippen molar-refractivity contribution in [3.05, 3.63) is 76.4 Å². The lowest BCUT2D eigenvalue weighted by Crippen LogP contribution is -2.36. The summed E-state index contributed by atoms with van der Waals surface area (Å²) in [7, 11) is 5.44. The van der Waals surface area contributed by atoms with Crippen molar-refractivity contribution in [2.75, 3.05) is 34.3 Å². The maximum atomic E-state index is 13.4. The molecule has 3 rings (SSSR count). The molecule has 0 N–H and O–H groups in total. The summed E-state index contributed by atoms with van der Waals surface area (Å²) in [5.74, 6) is 1.24. The van der Waals surface area contributed by atoms with Crippen molar-refractivity contribution in [3.63, 3.8) is 0 Å². The minimum absolute atomic E-state index is 0.142. The van der Waals surface area contributed by atoms with Crippen LogP contribution in [-0.2, 0) is 13.2 Å². The zero-order valence-corrected chi connectivity index (χ0v) is 19.7. The van der Waals surface area contributed by atoms with Gasteiger partial charge in [-0.2, -0.15) is 0 Å². The number of halogens is 1. The van der Waals surface area contributed by atoms with Gasteiger partial charge in [-0.25, -0.2) is 4.39 Å². The average Bonchev–Trinajstić information content (AvgIpc) is 3.12. The number of hydrogen-bond acceptors (Lipinski definition) is 6. The van der Waals surface area contributed by atoms with Crippen molar-refractivity contribution in [1.29, 1.82) is 0 Å². The van der Waals surface area contributed by atoms with Crippen molar-refractivity contribution in [2.24, 2.45) is 0 Å². The largest absolute Gasteiger partial charge is 0.493 e. The highest BCUT2D eigenvalue weighted by Gasteiger charge is 2.19. The van der Waals surface area contributed by atoms with E-state index in [0.29, 0.717) is 42.5 Å². The summed E-state index contributed by atoms with van der Waals surface area (Å²) in [5, 5.41) is 3.94. The summed E-state index contributed by atoms with van der Waals surface area (Å²) in [6.07, 6.45) is 0. The van der Waals surface area contributed by atoms with Crippen LogP contribution in [0.25, 0.3) is 0 Å². The lowest BCUT2D eigenvalue weighted by Gasteiger charge is -2.25. The number of methoxy groups -OCH3 is 1. The number of aromatic nitrogens is 1. The van der Waals surface area contributed by atoms with Crippen LogP contribution in [0.15, 0.2) is 47.0 Å². The lowest BCUT2D eigenvalue weighted by atomic mass is 10.1. The minimum Gasteiger partial charge on any atom is -0.493 e. The molecule has 0 saturated heterocycles. The summed E-state index contributed by atoms with van der Waals surface area (Å²) in [6.45, 7) is 5.57. The zero-order chi connectivity index (χ0) is 24.0. The summed E-state index contributed by atoms with van der Waals surface area (Å²) in [5.41, 5.74) is 2.99. The number of aryl methyl sites for hydroxylation is 2. The second-order valence-electron chi connectivity index (χ2n) is 8.11. The maximum Gasteiger partial charge on any atom is 0.254 e. The molecule has 0 spiro atoms. The van der Waals surface area contributed by atoms with Gasteiger partial charge in [0.15, 0.2) is 11.5 Å². The fourth-order valence-electron chi connectivity index (χ4n) is 3.34. The van der Waals surface area contributed by atoms with Gasteiger partial charge in [0.2, 0.25) is 0 Å². The molecule has 0 aliphatic heterocycles. The van der Waals surface area contributed by atoms with Crippen molar-refractivity contribution in [3.8, 4) is 11.5 Å². The van der Waals surface area contributed by atoms with Crippen LogP contribution in [-0.4, -0.2) is 55.2 Å². The second kappa shape index (κ2) is 11.0. The van der Waals surface area contributed by atoms with Crippen LogP contribution in [0.4, 0.5) is 4.39 Å². The van der Waals surface area contributed by atoms with Gasteiger partial charge >= 0.3 is 0 Å². The molecule has 0 atom stereocenters. The molecule has 0 radical (unpaired) electrons. The van der Waals surface area contributed by atoms with Gasteiger partial charge in [-0.1, -0.05) is 17.3 Å². The Morgan fingerprint density at radius 1 is 1.06 bits per heavy atom. The molecule has 0 aliphatic rings. The molecule has 1 aromatic heterocycles. The van der Waals surface area contributed by atoms with E-state index < -0.39 is 0 Å². The van der Waals surface area contributed by atoms with Crippen LogP contribution in [0, 0.1) is 19.7 Å². The molecule has 7 nitrogen and oxygen atoms in total. The lowest BCUT2D eigenvalue weighted by molar-refractivity contribution is 0.0731. The predicted molar refractivity (Wildman–Crippen MR) is 123 cm³/mol. The summed E-state index contributed by atoms with van der Waals surface area (Å²) >= 11 is 0. The van der Waals surface area contributed by atoms with Crippen molar-refractivity contribution < 1.29 is 23.2 Å². The molecule has 33 heavy (non-hydrogen) atoms. The highest BCUT2D eigenvalue weighted by atomic mass is 19.1. The Balaban J connectivity index is 1.79. The van der Waals surface area contributed by atoms with Gasteiger partial charge < -0.3 is 23.8 Å². The van der Waals surface area contributed by atoms with E-state index in [9.17, 15) is 9.18 Å². The number of amides is 1. The number of benzene rings is 2. The summed E-state index contributed by atoms with van der Waals surface area (Å²) in [6, 6.07) is 11.3. The van der Waals surface area contributed by atoms with Gasteiger partial charge in [0.05, 0.1) is 18.4 Å². The van der Waals surface area contributed by atoms with E-state index in [-0.39, 0.29) is 18.3 Å². The van der Waals surface area contributed by atoms with E-state index in [0.717, 1.165) is 16.8 Å². The smallest absolute Gasteiger partial charge is 0.254 e. The first-order valence-corrected chi connectivity index (χ1v) is 10.7. The van der Waals surface area contributed by atoms with Crippen LogP contribution >= 0.6 is 0 Å². The summed E-state index contributed by atoms with van der Waals surface area (Å²) < 4.78 is 29.9. The second-order valence-corrected chi connectivity index (χ2v) is 8.11. The van der Waals surface area contributed by atoms with Gasteiger partial charge in [0.1, 0.15) is 18.2 Å². The van der Waals surface area contributed by atoms with E-state index in [1.54, 1.807) is 35.2 Å². The number of hydrogen-bond donors (Lipinski definition) is 0. The Labute approximate surface area is 193 Å². The first-order chi connectivity index (χ1) is 15.8. The monoisotopic (exact) mass is 455 g/mol. The van der Waals surface area contributed by atoms with E-state index in [1.165, 1.54) is 19.2 Å². The Bertz CT molecular complexity index is 1060. The normalized spacial score (nSPS) is 11.0.